The Bertz CT molecular complexity index is 1660. The Labute approximate surface area is 225 Å². The number of esters is 1. The Morgan fingerprint density at radius 3 is 2.70 bits per heavy atom. The number of carbonyl (C=O) groups excluding carboxylic acids is 2. The molecule has 3 aliphatic heterocycles. The molecule has 5 heterocycles. The summed E-state index contributed by atoms with van der Waals surface area (Å²) in [5, 5.41) is 23.4. The number of halogens is 2. The van der Waals surface area contributed by atoms with Crippen LogP contribution in [0.2, 0.25) is 0 Å². The summed E-state index contributed by atoms with van der Waals surface area (Å²) in [6.45, 7) is 1.87. The molecular weight excluding hydrogens is 532 g/mol. The zero-order valence-electron chi connectivity index (χ0n) is 21.5. The largest absolute Gasteiger partial charge is 0.458 e. The van der Waals surface area contributed by atoms with Gasteiger partial charge in [0.25, 0.3) is 12.0 Å². The summed E-state index contributed by atoms with van der Waals surface area (Å²) < 4.78 is 45.4. The van der Waals surface area contributed by atoms with E-state index < -0.39 is 48.0 Å². The first-order valence-corrected chi connectivity index (χ1v) is 12.7. The van der Waals surface area contributed by atoms with E-state index in [1.165, 1.54) is 4.57 Å². The van der Waals surface area contributed by atoms with Crippen LogP contribution < -0.4 is 20.3 Å². The highest BCUT2D eigenvalue weighted by atomic mass is 19.3. The number of carbonyl (C=O) groups is 2. The van der Waals surface area contributed by atoms with Gasteiger partial charge in [0.2, 0.25) is 6.79 Å². The summed E-state index contributed by atoms with van der Waals surface area (Å²) in [6, 6.07) is 2.13. The lowest BCUT2D eigenvalue weighted by Gasteiger charge is -2.31. The molecule has 1 aromatic carbocycles. The minimum atomic E-state index is -3.06. The third kappa shape index (κ3) is 3.64. The summed E-state index contributed by atoms with van der Waals surface area (Å²) >= 11 is 0. The van der Waals surface area contributed by atoms with Crippen LogP contribution in [0, 0.1) is 0 Å². The van der Waals surface area contributed by atoms with Gasteiger partial charge in [-0.15, -0.1) is 0 Å². The molecule has 40 heavy (non-hydrogen) atoms. The van der Waals surface area contributed by atoms with Crippen molar-refractivity contribution in [1.82, 2.24) is 14.9 Å². The van der Waals surface area contributed by atoms with Gasteiger partial charge >= 0.3 is 5.97 Å². The topological polar surface area (TPSA) is 149 Å². The van der Waals surface area contributed by atoms with Crippen LogP contribution in [-0.2, 0) is 33.1 Å². The summed E-state index contributed by atoms with van der Waals surface area (Å²) in [5.41, 5.74) is -0.0278. The molecular formula is C27H25F2N3O8. The number of benzene rings is 1. The highest BCUT2D eigenvalue weighted by Gasteiger charge is 2.46. The summed E-state index contributed by atoms with van der Waals surface area (Å²) in [4.78, 5) is 42.8. The highest BCUT2D eigenvalue weighted by molar-refractivity contribution is 5.98. The van der Waals surface area contributed by atoms with Crippen molar-refractivity contribution in [1.29, 1.82) is 0 Å². The van der Waals surface area contributed by atoms with E-state index in [1.807, 2.05) is 0 Å². The third-order valence-electron chi connectivity index (χ3n) is 7.85. The fourth-order valence-electron chi connectivity index (χ4n) is 5.68. The molecule has 0 fully saturated rings. The molecule has 0 radical (unpaired) electrons. The Balaban J connectivity index is 1.56. The molecule has 13 heteroatoms. The van der Waals surface area contributed by atoms with Gasteiger partial charge in [-0.2, -0.15) is 0 Å². The Morgan fingerprint density at radius 2 is 2.00 bits per heavy atom. The number of ketones is 1. The number of rotatable bonds is 7. The van der Waals surface area contributed by atoms with Crippen molar-refractivity contribution in [3.63, 3.8) is 0 Å². The summed E-state index contributed by atoms with van der Waals surface area (Å²) in [5.74, 6) is -1.04. The second kappa shape index (κ2) is 9.32. The lowest BCUT2D eigenvalue weighted by molar-refractivity contribution is -0.172. The maximum atomic E-state index is 13.6. The number of hydrogen-bond donors (Lipinski definition) is 3. The number of Topliss-reactive ketones (excluding diaryl/α,β-unsaturated/α-hetero) is 1. The van der Waals surface area contributed by atoms with Gasteiger partial charge in [-0.1, -0.05) is 13.0 Å². The standard InChI is InChI=1S/C27H25F2N3O8/c1-3-27(37)15-6-16-20-13(7-32(16)25(35)14(15)9-38-26(27)36)23-19-18(39-10-40-23)5-4-12(21(19)31-20)11(2)30-22(24(28)29)17(34)8-33/h4-6,11,22,24,30,33,37H,3,7-10H2,1-2H3/t11?,22?,27-/m0/s1. The van der Waals surface area contributed by atoms with Gasteiger partial charge in [0, 0.05) is 17.2 Å². The van der Waals surface area contributed by atoms with E-state index in [0.29, 0.717) is 44.9 Å². The van der Waals surface area contributed by atoms with E-state index in [1.54, 1.807) is 32.0 Å². The van der Waals surface area contributed by atoms with E-state index >= 15 is 0 Å². The number of aromatic nitrogens is 2. The molecule has 3 atom stereocenters. The molecule has 3 aromatic rings. The first-order chi connectivity index (χ1) is 19.1. The van der Waals surface area contributed by atoms with Gasteiger partial charge < -0.3 is 29.0 Å². The number of nitrogens with zero attached hydrogens (tertiary/aromatic N) is 2. The number of fused-ring (bicyclic) bond motifs is 5. The van der Waals surface area contributed by atoms with Gasteiger partial charge in [0.05, 0.1) is 34.4 Å². The number of cyclic esters (lactones) is 1. The van der Waals surface area contributed by atoms with E-state index in [0.717, 1.165) is 0 Å². The lowest BCUT2D eigenvalue weighted by atomic mass is 9.86. The van der Waals surface area contributed by atoms with Gasteiger partial charge in [0.15, 0.2) is 11.4 Å². The molecule has 210 valence electrons. The number of hydrogen-bond acceptors (Lipinski definition) is 10. The van der Waals surface area contributed by atoms with Crippen LogP contribution in [0.25, 0.3) is 22.3 Å². The molecule has 0 saturated heterocycles. The number of pyridine rings is 2. The van der Waals surface area contributed by atoms with Crippen LogP contribution in [0.4, 0.5) is 8.78 Å². The van der Waals surface area contributed by atoms with Gasteiger partial charge in [-0.05, 0) is 31.0 Å². The van der Waals surface area contributed by atoms with E-state index in [-0.39, 0.29) is 37.5 Å². The number of aliphatic hydroxyl groups is 2. The van der Waals surface area contributed by atoms with Crippen molar-refractivity contribution < 1.29 is 42.8 Å². The third-order valence-corrected chi connectivity index (χ3v) is 7.85. The highest BCUT2D eigenvalue weighted by Crippen LogP contribution is 2.47. The second-order valence-corrected chi connectivity index (χ2v) is 9.98. The van der Waals surface area contributed by atoms with Crippen LogP contribution in [0.3, 0.4) is 0 Å². The maximum absolute atomic E-state index is 13.6. The van der Waals surface area contributed by atoms with Crippen molar-refractivity contribution in [2.45, 2.75) is 57.5 Å². The van der Waals surface area contributed by atoms with E-state index in [9.17, 15) is 28.3 Å². The van der Waals surface area contributed by atoms with Gasteiger partial charge in [-0.3, -0.25) is 14.9 Å². The molecule has 3 N–H and O–H groups in total. The Kier molecular flexibility index (Phi) is 6.13. The summed E-state index contributed by atoms with van der Waals surface area (Å²) in [7, 11) is 0. The Morgan fingerprint density at radius 1 is 1.23 bits per heavy atom. The molecule has 3 aliphatic rings. The van der Waals surface area contributed by atoms with Crippen molar-refractivity contribution in [3.05, 3.63) is 50.8 Å². The predicted molar refractivity (Wildman–Crippen MR) is 134 cm³/mol. The SMILES string of the molecule is CC[C@@]1(O)C(=O)OCc2c1cc1n(c2=O)Cc2c-1nc1c(C(C)NC(C(=O)CO)C(F)F)ccc3c1c2OCO3. The van der Waals surface area contributed by atoms with E-state index in [4.69, 9.17) is 24.3 Å². The van der Waals surface area contributed by atoms with Crippen LogP contribution >= 0.6 is 0 Å². The molecule has 0 amide bonds. The predicted octanol–water partition coefficient (Wildman–Crippen LogP) is 1.65. The van der Waals surface area contributed by atoms with Crippen LogP contribution in [0.1, 0.15) is 48.6 Å². The number of aliphatic hydroxyl groups excluding tert-OH is 1. The number of ether oxygens (including phenoxy) is 3. The van der Waals surface area contributed by atoms with Crippen LogP contribution in [-0.4, -0.2) is 57.4 Å². The first-order valence-electron chi connectivity index (χ1n) is 12.7. The smallest absolute Gasteiger partial charge is 0.343 e. The van der Waals surface area contributed by atoms with Crippen molar-refractivity contribution in [2.24, 2.45) is 0 Å². The fraction of sp³-hybridized carbons (Fsp3) is 0.407. The molecule has 2 unspecified atom stereocenters. The minimum absolute atomic E-state index is 0.0139. The molecule has 0 bridgehead atoms. The number of alkyl halides is 2. The molecule has 0 saturated carbocycles. The quantitative estimate of drug-likeness (QED) is 0.287. The number of nitrogens with one attached hydrogen (secondary N) is 1. The maximum Gasteiger partial charge on any atom is 0.343 e. The summed E-state index contributed by atoms with van der Waals surface area (Å²) in [6.07, 6.45) is -3.07. The molecule has 11 nitrogen and oxygen atoms in total. The lowest BCUT2D eigenvalue weighted by Crippen LogP contribution is -2.45. The van der Waals surface area contributed by atoms with Crippen molar-refractivity contribution >= 4 is 22.7 Å². The minimum Gasteiger partial charge on any atom is -0.458 e. The average Bonchev–Trinajstić information content (AvgIpc) is 3.33. The zero-order chi connectivity index (χ0) is 28.5. The van der Waals surface area contributed by atoms with E-state index in [2.05, 4.69) is 5.32 Å². The molecule has 0 aliphatic carbocycles. The van der Waals surface area contributed by atoms with Gasteiger partial charge in [-0.25, -0.2) is 18.6 Å². The Hall–Kier alpha value is -3.94. The van der Waals surface area contributed by atoms with Gasteiger partial charge in [0.1, 0.15) is 30.8 Å². The molecule has 0 spiro atoms. The molecule has 2 aromatic heterocycles. The normalized spacial score (nSPS) is 20.2. The van der Waals surface area contributed by atoms with Crippen LogP contribution in [0.15, 0.2) is 23.0 Å². The monoisotopic (exact) mass is 557 g/mol. The first kappa shape index (κ1) is 26.3. The zero-order valence-corrected chi connectivity index (χ0v) is 21.5. The van der Waals surface area contributed by atoms with Crippen molar-refractivity contribution in [3.8, 4) is 22.9 Å². The van der Waals surface area contributed by atoms with Crippen molar-refractivity contribution in [2.75, 3.05) is 13.4 Å². The average molecular weight is 558 g/mol. The molecule has 6 rings (SSSR count). The fourth-order valence-corrected chi connectivity index (χ4v) is 5.68. The second-order valence-electron chi connectivity index (χ2n) is 9.98. The van der Waals surface area contributed by atoms with Crippen LogP contribution in [0.5, 0.6) is 11.5 Å².